The van der Waals surface area contributed by atoms with Crippen LogP contribution in [0.3, 0.4) is 0 Å². The summed E-state index contributed by atoms with van der Waals surface area (Å²) in [7, 11) is 0. The highest BCUT2D eigenvalue weighted by atomic mass is 32.2. The van der Waals surface area contributed by atoms with Gasteiger partial charge in [-0.2, -0.15) is 5.26 Å². The number of hydrogen-bond acceptors (Lipinski definition) is 7. The standard InChI is InChI=1S/C24H24N4O2S2/c1-2-30-19-9-7-16(8-10-19)21-15-32-24(27-21)28-22(29)11-12-31-23-18(14-25)13-17-5-3-4-6-20(17)26-23/h7-10,13,15H,2-6,11-12H2,1H3,(H,27,28,29). The maximum absolute atomic E-state index is 12.4. The fourth-order valence-corrected chi connectivity index (χ4v) is 5.23. The van der Waals surface area contributed by atoms with Crippen molar-refractivity contribution in [3.8, 4) is 23.1 Å². The first kappa shape index (κ1) is 22.3. The number of benzene rings is 1. The quantitative estimate of drug-likeness (QED) is 0.445. The number of rotatable bonds is 8. The van der Waals surface area contributed by atoms with E-state index in [1.165, 1.54) is 28.7 Å². The summed E-state index contributed by atoms with van der Waals surface area (Å²) in [6.07, 6.45) is 4.59. The van der Waals surface area contributed by atoms with E-state index in [1.54, 1.807) is 0 Å². The smallest absolute Gasteiger partial charge is 0.226 e. The van der Waals surface area contributed by atoms with Crippen LogP contribution in [0.4, 0.5) is 5.13 Å². The number of carbonyl (C=O) groups excluding carboxylic acids is 1. The summed E-state index contributed by atoms with van der Waals surface area (Å²) >= 11 is 2.87. The SMILES string of the molecule is CCOc1ccc(-c2csc(NC(=O)CCSc3nc4c(cc3C#N)CCCC4)n2)cc1. The number of fused-ring (bicyclic) bond motifs is 1. The summed E-state index contributed by atoms with van der Waals surface area (Å²) < 4.78 is 5.47. The molecule has 0 fully saturated rings. The summed E-state index contributed by atoms with van der Waals surface area (Å²) in [5.74, 6) is 1.29. The Morgan fingerprint density at radius 2 is 2.06 bits per heavy atom. The number of hydrogen-bond donors (Lipinski definition) is 1. The Bertz CT molecular complexity index is 1140. The normalized spacial score (nSPS) is 12.6. The molecule has 0 saturated heterocycles. The predicted octanol–water partition coefficient (Wildman–Crippen LogP) is 5.48. The molecule has 2 heterocycles. The van der Waals surface area contributed by atoms with Crippen molar-refractivity contribution in [2.24, 2.45) is 0 Å². The molecule has 6 nitrogen and oxygen atoms in total. The van der Waals surface area contributed by atoms with Crippen molar-refractivity contribution in [2.75, 3.05) is 17.7 Å². The maximum Gasteiger partial charge on any atom is 0.226 e. The van der Waals surface area contributed by atoms with Gasteiger partial charge in [0.2, 0.25) is 5.91 Å². The second kappa shape index (κ2) is 10.6. The van der Waals surface area contributed by atoms with Gasteiger partial charge in [0.15, 0.2) is 5.13 Å². The third-order valence-electron chi connectivity index (χ3n) is 5.17. The van der Waals surface area contributed by atoms with Crippen LogP contribution in [0.1, 0.15) is 43.0 Å². The van der Waals surface area contributed by atoms with E-state index in [4.69, 9.17) is 9.72 Å². The summed E-state index contributed by atoms with van der Waals surface area (Å²) in [5.41, 5.74) is 4.70. The molecule has 3 aromatic rings. The van der Waals surface area contributed by atoms with E-state index in [9.17, 15) is 10.1 Å². The first-order valence-corrected chi connectivity index (χ1v) is 12.6. The zero-order chi connectivity index (χ0) is 22.3. The molecule has 164 valence electrons. The van der Waals surface area contributed by atoms with E-state index in [-0.39, 0.29) is 5.91 Å². The van der Waals surface area contributed by atoms with Crippen LogP contribution in [-0.2, 0) is 17.6 Å². The van der Waals surface area contributed by atoms with Crippen molar-refractivity contribution in [3.63, 3.8) is 0 Å². The number of nitriles is 1. The van der Waals surface area contributed by atoms with Gasteiger partial charge in [0.25, 0.3) is 0 Å². The summed E-state index contributed by atoms with van der Waals surface area (Å²) in [6.45, 7) is 2.58. The lowest BCUT2D eigenvalue weighted by Gasteiger charge is -2.16. The van der Waals surface area contributed by atoms with Gasteiger partial charge in [-0.1, -0.05) is 0 Å². The van der Waals surface area contributed by atoms with Gasteiger partial charge in [-0.15, -0.1) is 23.1 Å². The van der Waals surface area contributed by atoms with Crippen molar-refractivity contribution in [1.29, 1.82) is 5.26 Å². The van der Waals surface area contributed by atoms with Crippen molar-refractivity contribution >= 4 is 34.1 Å². The number of amides is 1. The fourth-order valence-electron chi connectivity index (χ4n) is 3.58. The van der Waals surface area contributed by atoms with Crippen LogP contribution >= 0.6 is 23.1 Å². The van der Waals surface area contributed by atoms with Gasteiger partial charge in [0, 0.05) is 28.8 Å². The second-order valence-electron chi connectivity index (χ2n) is 7.41. The lowest BCUT2D eigenvalue weighted by molar-refractivity contribution is -0.115. The first-order chi connectivity index (χ1) is 15.7. The predicted molar refractivity (Wildman–Crippen MR) is 128 cm³/mol. The van der Waals surface area contributed by atoms with E-state index in [1.807, 2.05) is 42.6 Å². The average molecular weight is 465 g/mol. The minimum absolute atomic E-state index is 0.0958. The van der Waals surface area contributed by atoms with Gasteiger partial charge in [0.1, 0.15) is 16.8 Å². The number of nitrogens with one attached hydrogen (secondary N) is 1. The van der Waals surface area contributed by atoms with Gasteiger partial charge in [-0.3, -0.25) is 4.79 Å². The highest BCUT2D eigenvalue weighted by Gasteiger charge is 2.16. The minimum Gasteiger partial charge on any atom is -0.494 e. The number of pyridine rings is 1. The number of aromatic nitrogens is 2. The zero-order valence-corrected chi connectivity index (χ0v) is 19.5. The number of thiazole rings is 1. The summed E-state index contributed by atoms with van der Waals surface area (Å²) in [5, 5.41) is 15.6. The molecule has 0 bridgehead atoms. The van der Waals surface area contributed by atoms with Crippen LogP contribution in [0.25, 0.3) is 11.3 Å². The van der Waals surface area contributed by atoms with Gasteiger partial charge in [-0.25, -0.2) is 9.97 Å². The van der Waals surface area contributed by atoms with Gasteiger partial charge in [0.05, 0.1) is 17.9 Å². The molecule has 0 unspecified atom stereocenters. The number of carbonyl (C=O) groups is 1. The van der Waals surface area contributed by atoms with E-state index >= 15 is 0 Å². The first-order valence-electron chi connectivity index (χ1n) is 10.7. The molecule has 32 heavy (non-hydrogen) atoms. The van der Waals surface area contributed by atoms with Crippen LogP contribution in [0.15, 0.2) is 40.7 Å². The molecular weight excluding hydrogens is 440 g/mol. The van der Waals surface area contributed by atoms with Gasteiger partial charge >= 0.3 is 0 Å². The van der Waals surface area contributed by atoms with Crippen LogP contribution in [0, 0.1) is 11.3 Å². The highest BCUT2D eigenvalue weighted by Crippen LogP contribution is 2.29. The molecule has 1 amide bonds. The van der Waals surface area contributed by atoms with Crippen LogP contribution in [0.5, 0.6) is 5.75 Å². The lowest BCUT2D eigenvalue weighted by Crippen LogP contribution is -2.12. The van der Waals surface area contributed by atoms with E-state index < -0.39 is 0 Å². The molecule has 4 rings (SSSR count). The minimum atomic E-state index is -0.0958. The Balaban J connectivity index is 1.31. The van der Waals surface area contributed by atoms with E-state index in [2.05, 4.69) is 16.4 Å². The Morgan fingerprint density at radius 3 is 2.84 bits per heavy atom. The molecule has 0 spiro atoms. The van der Waals surface area contributed by atoms with E-state index in [0.29, 0.717) is 29.5 Å². The van der Waals surface area contributed by atoms with Crippen LogP contribution in [0.2, 0.25) is 0 Å². The topological polar surface area (TPSA) is 87.9 Å². The van der Waals surface area contributed by atoms with Crippen molar-refractivity contribution in [3.05, 3.63) is 52.5 Å². The molecule has 0 atom stereocenters. The molecule has 0 radical (unpaired) electrons. The fraction of sp³-hybridized carbons (Fsp3) is 0.333. The maximum atomic E-state index is 12.4. The third kappa shape index (κ3) is 5.47. The van der Waals surface area contributed by atoms with Crippen molar-refractivity contribution < 1.29 is 9.53 Å². The molecule has 1 aliphatic rings. The largest absolute Gasteiger partial charge is 0.494 e. The van der Waals surface area contributed by atoms with Crippen LogP contribution in [-0.4, -0.2) is 28.2 Å². The number of aryl methyl sites for hydroxylation is 2. The second-order valence-corrected chi connectivity index (χ2v) is 9.35. The molecule has 1 N–H and O–H groups in total. The molecule has 0 saturated carbocycles. The van der Waals surface area contributed by atoms with Gasteiger partial charge in [-0.05, 0) is 68.5 Å². The monoisotopic (exact) mass is 464 g/mol. The summed E-state index contributed by atoms with van der Waals surface area (Å²) in [4.78, 5) is 21.6. The highest BCUT2D eigenvalue weighted by molar-refractivity contribution is 7.99. The van der Waals surface area contributed by atoms with Crippen molar-refractivity contribution in [1.82, 2.24) is 9.97 Å². The number of anilines is 1. The third-order valence-corrected chi connectivity index (χ3v) is 6.92. The molecular formula is C24H24N4O2S2. The Morgan fingerprint density at radius 1 is 1.25 bits per heavy atom. The average Bonchev–Trinajstić information content (AvgIpc) is 3.27. The number of nitrogens with zero attached hydrogens (tertiary/aromatic N) is 3. The Hall–Kier alpha value is -2.89. The number of ether oxygens (including phenoxy) is 1. The van der Waals surface area contributed by atoms with E-state index in [0.717, 1.165) is 53.4 Å². The zero-order valence-electron chi connectivity index (χ0n) is 17.9. The Labute approximate surface area is 196 Å². The van der Waals surface area contributed by atoms with Gasteiger partial charge < -0.3 is 10.1 Å². The molecule has 1 aliphatic carbocycles. The molecule has 0 aliphatic heterocycles. The molecule has 1 aromatic carbocycles. The van der Waals surface area contributed by atoms with Crippen LogP contribution < -0.4 is 10.1 Å². The summed E-state index contributed by atoms with van der Waals surface area (Å²) in [6, 6.07) is 12.0. The van der Waals surface area contributed by atoms with Crippen molar-refractivity contribution in [2.45, 2.75) is 44.1 Å². The molecule has 2 aromatic heterocycles. The number of thioether (sulfide) groups is 1. The Kier molecular flexibility index (Phi) is 7.40. The molecule has 8 heteroatoms. The lowest BCUT2D eigenvalue weighted by atomic mass is 9.95.